The van der Waals surface area contributed by atoms with Gasteiger partial charge in [0.1, 0.15) is 0 Å². The van der Waals surface area contributed by atoms with E-state index >= 15 is 0 Å². The van der Waals surface area contributed by atoms with Gasteiger partial charge in [-0.3, -0.25) is 0 Å². The number of hydrogen-bond donors (Lipinski definition) is 2. The molecule has 0 aromatic heterocycles. The lowest BCUT2D eigenvalue weighted by Gasteiger charge is -2.03. The molecule has 3 heteroatoms. The number of hydrogen-bond acceptors (Lipinski definition) is 1. The van der Waals surface area contributed by atoms with Gasteiger partial charge in [0.05, 0.1) is 12.6 Å². The average molecular weight is 178 g/mol. The molecule has 0 aliphatic rings. The van der Waals surface area contributed by atoms with Crippen LogP contribution in [0.1, 0.15) is 25.7 Å². The van der Waals surface area contributed by atoms with Gasteiger partial charge in [0.25, 0.3) is 0 Å². The minimum Gasteiger partial charge on any atom is -1.00 e. The van der Waals surface area contributed by atoms with Gasteiger partial charge in [-0.15, -0.1) is 12.3 Å². The van der Waals surface area contributed by atoms with E-state index in [9.17, 15) is 0 Å². The van der Waals surface area contributed by atoms with Crippen molar-refractivity contribution in [2.24, 2.45) is 0 Å². The molecule has 0 saturated heterocycles. The largest absolute Gasteiger partial charge is 1.00 e. The molecule has 0 bridgehead atoms. The highest BCUT2D eigenvalue weighted by Gasteiger charge is 1.99. The lowest BCUT2D eigenvalue weighted by Crippen LogP contribution is -3.00. The number of quaternary nitrogens is 1. The third-order valence-electron chi connectivity index (χ3n) is 1.39. The molecule has 0 rings (SSSR count). The number of unbranched alkanes of at least 4 members (excludes halogenated alkanes) is 1. The van der Waals surface area contributed by atoms with Crippen LogP contribution in [-0.2, 0) is 0 Å². The Labute approximate surface area is 74.6 Å². The molecule has 0 saturated carbocycles. The first-order chi connectivity index (χ1) is 4.81. The molecule has 0 fully saturated rings. The van der Waals surface area contributed by atoms with Gasteiger partial charge in [-0.2, -0.15) is 0 Å². The van der Waals surface area contributed by atoms with E-state index in [1.165, 1.54) is 0 Å². The normalized spacial score (nSPS) is 11.4. The Hall–Kier alpha value is -0.230. The summed E-state index contributed by atoms with van der Waals surface area (Å²) in [5.74, 6) is 2.43. The highest BCUT2D eigenvalue weighted by Crippen LogP contribution is 2.01. The number of rotatable bonds is 5. The van der Waals surface area contributed by atoms with Crippen molar-refractivity contribution in [2.45, 2.75) is 31.8 Å². The van der Waals surface area contributed by atoms with E-state index in [0.29, 0.717) is 6.42 Å². The number of aliphatic hydroxyl groups excluding tert-OH is 1. The van der Waals surface area contributed by atoms with Crippen LogP contribution in [-0.4, -0.2) is 17.8 Å². The quantitative estimate of drug-likeness (QED) is 0.337. The molecule has 4 N–H and O–H groups in total. The maximum Gasteiger partial charge on any atom is 0.0739 e. The van der Waals surface area contributed by atoms with Gasteiger partial charge in [-0.25, -0.2) is 0 Å². The minimum absolute atomic E-state index is 0. The monoisotopic (exact) mass is 177 g/mol. The van der Waals surface area contributed by atoms with Crippen molar-refractivity contribution in [1.29, 1.82) is 0 Å². The van der Waals surface area contributed by atoms with E-state index < -0.39 is 0 Å². The second-order valence-electron chi connectivity index (χ2n) is 2.41. The molecular formula is C8H16ClNO. The van der Waals surface area contributed by atoms with Gasteiger partial charge in [0.15, 0.2) is 0 Å². The van der Waals surface area contributed by atoms with Crippen LogP contribution in [0, 0.1) is 12.3 Å². The third kappa shape index (κ3) is 9.77. The van der Waals surface area contributed by atoms with E-state index in [2.05, 4.69) is 11.7 Å². The number of aliphatic hydroxyl groups is 1. The Morgan fingerprint density at radius 3 is 2.55 bits per heavy atom. The second kappa shape index (κ2) is 9.77. The van der Waals surface area contributed by atoms with Gasteiger partial charge >= 0.3 is 0 Å². The minimum atomic E-state index is -0.295. The molecular weight excluding hydrogens is 162 g/mol. The molecule has 2 nitrogen and oxygen atoms in total. The van der Waals surface area contributed by atoms with Gasteiger partial charge in [0, 0.05) is 6.42 Å². The van der Waals surface area contributed by atoms with Crippen LogP contribution in [0.15, 0.2) is 0 Å². The van der Waals surface area contributed by atoms with Crippen LogP contribution in [0.4, 0.5) is 0 Å². The fourth-order valence-corrected chi connectivity index (χ4v) is 0.795. The summed E-state index contributed by atoms with van der Waals surface area (Å²) in [5.41, 5.74) is 3.71. The molecule has 0 aromatic rings. The zero-order chi connectivity index (χ0) is 7.82. The fraction of sp³-hybridized carbons (Fsp3) is 0.750. The molecule has 0 aromatic carbocycles. The molecule has 66 valence electrons. The third-order valence-corrected chi connectivity index (χ3v) is 1.39. The molecule has 0 spiro atoms. The summed E-state index contributed by atoms with van der Waals surface area (Å²) in [6.45, 7) is 0.947. The molecule has 0 heterocycles. The maximum absolute atomic E-state index is 9.11. The zero-order valence-corrected chi connectivity index (χ0v) is 7.48. The average Bonchev–Trinajstić information content (AvgIpc) is 1.89. The molecule has 1 atom stereocenters. The van der Waals surface area contributed by atoms with Crippen LogP contribution in [0.2, 0.25) is 0 Å². The van der Waals surface area contributed by atoms with E-state index in [-0.39, 0.29) is 18.5 Å². The fourth-order valence-electron chi connectivity index (χ4n) is 0.795. The molecule has 11 heavy (non-hydrogen) atoms. The van der Waals surface area contributed by atoms with Crippen molar-refractivity contribution in [1.82, 2.24) is 0 Å². The van der Waals surface area contributed by atoms with Crippen molar-refractivity contribution >= 4 is 0 Å². The van der Waals surface area contributed by atoms with Gasteiger partial charge in [-0.1, -0.05) is 0 Å². The zero-order valence-electron chi connectivity index (χ0n) is 6.72. The van der Waals surface area contributed by atoms with E-state index in [1.54, 1.807) is 0 Å². The van der Waals surface area contributed by atoms with E-state index in [1.807, 2.05) is 0 Å². The van der Waals surface area contributed by atoms with Crippen LogP contribution in [0.3, 0.4) is 0 Å². The summed E-state index contributed by atoms with van der Waals surface area (Å²) < 4.78 is 0. The molecule has 0 radical (unpaired) electrons. The predicted molar refractivity (Wildman–Crippen MR) is 41.1 cm³/mol. The number of halogens is 1. The molecule has 0 amide bonds. The van der Waals surface area contributed by atoms with Crippen molar-refractivity contribution in [3.8, 4) is 12.3 Å². The summed E-state index contributed by atoms with van der Waals surface area (Å²) in [7, 11) is 0. The molecule has 1 unspecified atom stereocenters. The second-order valence-corrected chi connectivity index (χ2v) is 2.41. The first kappa shape index (κ1) is 13.4. The summed E-state index contributed by atoms with van der Waals surface area (Å²) >= 11 is 0. The highest BCUT2D eigenvalue weighted by atomic mass is 35.5. The van der Waals surface area contributed by atoms with E-state index in [0.717, 1.165) is 25.8 Å². The van der Waals surface area contributed by atoms with Crippen LogP contribution < -0.4 is 18.1 Å². The van der Waals surface area contributed by atoms with Crippen LogP contribution >= 0.6 is 0 Å². The van der Waals surface area contributed by atoms with Crippen molar-refractivity contribution in [3.05, 3.63) is 0 Å². The first-order valence-electron chi connectivity index (χ1n) is 3.72. The van der Waals surface area contributed by atoms with Crippen molar-refractivity contribution in [3.63, 3.8) is 0 Å². The van der Waals surface area contributed by atoms with E-state index in [4.69, 9.17) is 11.5 Å². The molecule has 0 aliphatic carbocycles. The molecule has 0 aliphatic heterocycles. The van der Waals surface area contributed by atoms with Crippen molar-refractivity contribution in [2.75, 3.05) is 6.54 Å². The standard InChI is InChI=1S/C8H15NO.ClH/c1-2-5-8(10)6-3-4-7-9;/h1,8,10H,3-7,9H2;1H. The topological polar surface area (TPSA) is 47.9 Å². The number of terminal acetylenes is 1. The highest BCUT2D eigenvalue weighted by molar-refractivity contribution is 4.86. The Morgan fingerprint density at radius 2 is 2.09 bits per heavy atom. The maximum atomic E-state index is 9.11. The van der Waals surface area contributed by atoms with Gasteiger partial charge in [0.2, 0.25) is 0 Å². The van der Waals surface area contributed by atoms with Crippen molar-refractivity contribution < 1.29 is 23.2 Å². The Bertz CT molecular complexity index is 111. The summed E-state index contributed by atoms with van der Waals surface area (Å²) in [6, 6.07) is 0. The summed E-state index contributed by atoms with van der Waals surface area (Å²) in [5, 5.41) is 9.11. The Morgan fingerprint density at radius 1 is 1.45 bits per heavy atom. The summed E-state index contributed by atoms with van der Waals surface area (Å²) in [6.07, 6.45) is 8.14. The van der Waals surface area contributed by atoms with Gasteiger partial charge in [-0.05, 0) is 19.3 Å². The van der Waals surface area contributed by atoms with Crippen LogP contribution in [0.25, 0.3) is 0 Å². The Balaban J connectivity index is 0. The lowest BCUT2D eigenvalue weighted by molar-refractivity contribution is -0.368. The predicted octanol–water partition coefficient (Wildman–Crippen LogP) is -3.21. The SMILES string of the molecule is C#CCC(O)CCCC[NH3+].[Cl-]. The lowest BCUT2D eigenvalue weighted by atomic mass is 10.1. The Kier molecular flexibility index (Phi) is 11.9. The smallest absolute Gasteiger partial charge is 0.0739 e. The first-order valence-corrected chi connectivity index (χ1v) is 3.72. The van der Waals surface area contributed by atoms with Crippen LogP contribution in [0.5, 0.6) is 0 Å². The van der Waals surface area contributed by atoms with Gasteiger partial charge < -0.3 is 23.2 Å². The summed E-state index contributed by atoms with van der Waals surface area (Å²) in [4.78, 5) is 0.